The number of rotatable bonds is 5. The lowest BCUT2D eigenvalue weighted by atomic mass is 9.94. The smallest absolute Gasteiger partial charge is 0.331 e. The van der Waals surface area contributed by atoms with Gasteiger partial charge < -0.3 is 9.15 Å². The van der Waals surface area contributed by atoms with Crippen molar-refractivity contribution in [1.29, 1.82) is 0 Å². The molecule has 0 fully saturated rings. The van der Waals surface area contributed by atoms with Gasteiger partial charge in [-0.2, -0.15) is 0 Å². The molecule has 15 heavy (non-hydrogen) atoms. The summed E-state index contributed by atoms with van der Waals surface area (Å²) in [6, 6.07) is 3.61. The molecule has 3 heteroatoms. The molecular formula is C12H16O3. The Balaban J connectivity index is 2.97. The minimum atomic E-state index is -0.658. The fraction of sp³-hybridized carbons (Fsp3) is 0.417. The van der Waals surface area contributed by atoms with E-state index in [9.17, 15) is 4.79 Å². The van der Waals surface area contributed by atoms with E-state index in [-0.39, 0.29) is 0 Å². The van der Waals surface area contributed by atoms with Gasteiger partial charge in [0, 0.05) is 6.08 Å². The number of carbonyl (C=O) groups is 1. The average molecular weight is 208 g/mol. The Bertz CT molecular complexity index is 321. The lowest BCUT2D eigenvalue weighted by Crippen LogP contribution is -2.30. The number of hydrogen-bond acceptors (Lipinski definition) is 3. The van der Waals surface area contributed by atoms with Crippen molar-refractivity contribution in [2.75, 3.05) is 0 Å². The summed E-state index contributed by atoms with van der Waals surface area (Å²) in [4.78, 5) is 11.3. The molecule has 0 bridgehead atoms. The Morgan fingerprint density at radius 2 is 2.27 bits per heavy atom. The highest BCUT2D eigenvalue weighted by molar-refractivity contribution is 5.81. The third kappa shape index (κ3) is 2.29. The maximum Gasteiger partial charge on any atom is 0.331 e. The number of carbonyl (C=O) groups excluding carboxylic acids is 1. The largest absolute Gasteiger partial charge is 0.465 e. The van der Waals surface area contributed by atoms with Crippen molar-refractivity contribution in [1.82, 2.24) is 0 Å². The molecule has 0 unspecified atom stereocenters. The van der Waals surface area contributed by atoms with E-state index in [2.05, 4.69) is 6.58 Å². The fourth-order valence-electron chi connectivity index (χ4n) is 1.57. The van der Waals surface area contributed by atoms with Crippen LogP contribution >= 0.6 is 0 Å². The van der Waals surface area contributed by atoms with E-state index < -0.39 is 11.6 Å². The van der Waals surface area contributed by atoms with Crippen molar-refractivity contribution in [2.45, 2.75) is 32.3 Å². The van der Waals surface area contributed by atoms with Crippen LogP contribution in [0.4, 0.5) is 0 Å². The summed E-state index contributed by atoms with van der Waals surface area (Å²) >= 11 is 0. The molecule has 1 aromatic rings. The summed E-state index contributed by atoms with van der Waals surface area (Å²) in [6.07, 6.45) is 4.10. The third-order valence-corrected chi connectivity index (χ3v) is 2.58. The van der Waals surface area contributed by atoms with Crippen molar-refractivity contribution in [2.24, 2.45) is 0 Å². The predicted octanol–water partition coefficient (Wildman–Crippen LogP) is 3.02. The van der Waals surface area contributed by atoms with Gasteiger partial charge in [-0.05, 0) is 25.0 Å². The van der Waals surface area contributed by atoms with Crippen LogP contribution in [0.2, 0.25) is 0 Å². The molecule has 0 aromatic carbocycles. The first kappa shape index (κ1) is 11.6. The van der Waals surface area contributed by atoms with E-state index in [1.807, 2.05) is 19.9 Å². The van der Waals surface area contributed by atoms with Gasteiger partial charge >= 0.3 is 5.97 Å². The van der Waals surface area contributed by atoms with Crippen molar-refractivity contribution >= 4 is 5.97 Å². The molecule has 0 saturated carbocycles. The zero-order valence-electron chi connectivity index (χ0n) is 9.16. The van der Waals surface area contributed by atoms with Crippen molar-refractivity contribution in [3.63, 3.8) is 0 Å². The SMILES string of the molecule is C=CC(=O)OC(CC)(CC)c1ccco1. The van der Waals surface area contributed by atoms with E-state index in [0.29, 0.717) is 18.6 Å². The summed E-state index contributed by atoms with van der Waals surface area (Å²) in [5, 5.41) is 0. The van der Waals surface area contributed by atoms with Crippen LogP contribution in [-0.2, 0) is 15.1 Å². The summed E-state index contributed by atoms with van der Waals surface area (Å²) in [7, 11) is 0. The van der Waals surface area contributed by atoms with E-state index in [1.165, 1.54) is 6.08 Å². The maximum absolute atomic E-state index is 11.3. The molecule has 0 amide bonds. The van der Waals surface area contributed by atoms with E-state index in [0.717, 1.165) is 0 Å². The van der Waals surface area contributed by atoms with Crippen LogP contribution < -0.4 is 0 Å². The normalized spacial score (nSPS) is 11.1. The van der Waals surface area contributed by atoms with Crippen LogP contribution in [0.1, 0.15) is 32.4 Å². The lowest BCUT2D eigenvalue weighted by molar-refractivity contribution is -0.158. The van der Waals surface area contributed by atoms with E-state index in [1.54, 1.807) is 12.3 Å². The monoisotopic (exact) mass is 208 g/mol. The van der Waals surface area contributed by atoms with Gasteiger partial charge in [0.1, 0.15) is 5.76 Å². The minimum absolute atomic E-state index is 0.421. The zero-order chi connectivity index (χ0) is 11.3. The summed E-state index contributed by atoms with van der Waals surface area (Å²) in [6.45, 7) is 7.31. The Hall–Kier alpha value is -1.51. The molecule has 1 aromatic heterocycles. The highest BCUT2D eigenvalue weighted by atomic mass is 16.6. The van der Waals surface area contributed by atoms with Gasteiger partial charge in [0.15, 0.2) is 5.60 Å². The predicted molar refractivity (Wildman–Crippen MR) is 57.3 cm³/mol. The molecule has 0 aliphatic rings. The highest BCUT2D eigenvalue weighted by Gasteiger charge is 2.34. The second-order valence-electron chi connectivity index (χ2n) is 3.30. The molecule has 1 heterocycles. The van der Waals surface area contributed by atoms with Gasteiger partial charge in [-0.25, -0.2) is 4.79 Å². The standard InChI is InChI=1S/C12H16O3/c1-4-11(13)15-12(5-2,6-3)10-8-7-9-14-10/h4,7-9H,1,5-6H2,2-3H3. The van der Waals surface area contributed by atoms with E-state index >= 15 is 0 Å². The first-order valence-corrected chi connectivity index (χ1v) is 5.08. The second-order valence-corrected chi connectivity index (χ2v) is 3.30. The van der Waals surface area contributed by atoms with Crippen LogP contribution in [0.15, 0.2) is 35.5 Å². The van der Waals surface area contributed by atoms with Gasteiger partial charge in [0.05, 0.1) is 6.26 Å². The third-order valence-electron chi connectivity index (χ3n) is 2.58. The molecule has 0 aliphatic heterocycles. The highest BCUT2D eigenvalue weighted by Crippen LogP contribution is 2.33. The van der Waals surface area contributed by atoms with Crippen molar-refractivity contribution < 1.29 is 13.9 Å². The van der Waals surface area contributed by atoms with Gasteiger partial charge in [0.25, 0.3) is 0 Å². The molecule has 1 rings (SSSR count). The van der Waals surface area contributed by atoms with Crippen molar-refractivity contribution in [3.8, 4) is 0 Å². The minimum Gasteiger partial charge on any atom is -0.465 e. The maximum atomic E-state index is 11.3. The van der Waals surface area contributed by atoms with Gasteiger partial charge in [0.2, 0.25) is 0 Å². The van der Waals surface area contributed by atoms with Crippen LogP contribution in [0.25, 0.3) is 0 Å². The number of hydrogen-bond donors (Lipinski definition) is 0. The zero-order valence-corrected chi connectivity index (χ0v) is 9.16. The quantitative estimate of drug-likeness (QED) is 0.551. The lowest BCUT2D eigenvalue weighted by Gasteiger charge is -2.28. The molecule has 0 radical (unpaired) electrons. The second kappa shape index (κ2) is 4.82. The van der Waals surface area contributed by atoms with Crippen molar-refractivity contribution in [3.05, 3.63) is 36.8 Å². The van der Waals surface area contributed by atoms with Gasteiger partial charge in [-0.3, -0.25) is 0 Å². The molecule has 0 spiro atoms. The molecule has 0 atom stereocenters. The first-order chi connectivity index (χ1) is 7.18. The average Bonchev–Trinajstić information content (AvgIpc) is 2.79. The van der Waals surface area contributed by atoms with Gasteiger partial charge in [-0.15, -0.1) is 0 Å². The van der Waals surface area contributed by atoms with Crippen LogP contribution in [0, 0.1) is 0 Å². The Morgan fingerprint density at radius 3 is 2.67 bits per heavy atom. The topological polar surface area (TPSA) is 39.4 Å². The van der Waals surface area contributed by atoms with E-state index in [4.69, 9.17) is 9.15 Å². The van der Waals surface area contributed by atoms with Crippen LogP contribution in [-0.4, -0.2) is 5.97 Å². The number of ether oxygens (including phenoxy) is 1. The van der Waals surface area contributed by atoms with Gasteiger partial charge in [-0.1, -0.05) is 20.4 Å². The molecule has 0 N–H and O–H groups in total. The Morgan fingerprint density at radius 1 is 1.60 bits per heavy atom. The number of furan rings is 1. The first-order valence-electron chi connectivity index (χ1n) is 5.08. The molecule has 3 nitrogen and oxygen atoms in total. The molecule has 82 valence electrons. The fourth-order valence-corrected chi connectivity index (χ4v) is 1.57. The molecule has 0 saturated heterocycles. The molecular weight excluding hydrogens is 192 g/mol. The number of esters is 1. The van der Waals surface area contributed by atoms with Crippen LogP contribution in [0.3, 0.4) is 0 Å². The van der Waals surface area contributed by atoms with Crippen LogP contribution in [0.5, 0.6) is 0 Å². The Kier molecular flexibility index (Phi) is 3.72. The molecule has 0 aliphatic carbocycles. The summed E-state index contributed by atoms with van der Waals surface area (Å²) in [5.41, 5.74) is -0.658. The summed E-state index contributed by atoms with van der Waals surface area (Å²) < 4.78 is 10.7. The Labute approximate surface area is 89.7 Å². The summed E-state index contributed by atoms with van der Waals surface area (Å²) in [5.74, 6) is 0.262.